The van der Waals surface area contributed by atoms with E-state index < -0.39 is 0 Å². The highest BCUT2D eigenvalue weighted by atomic mass is 35.5. The van der Waals surface area contributed by atoms with Crippen molar-refractivity contribution >= 4 is 23.7 Å². The molecule has 0 aliphatic carbocycles. The lowest BCUT2D eigenvalue weighted by Crippen LogP contribution is -2.38. The summed E-state index contributed by atoms with van der Waals surface area (Å²) in [5, 5.41) is 12.5. The van der Waals surface area contributed by atoms with E-state index in [0.717, 1.165) is 11.1 Å². The Balaban J connectivity index is 1.95. The van der Waals surface area contributed by atoms with Crippen LogP contribution in [0, 0.1) is 0 Å². The van der Waals surface area contributed by atoms with Crippen molar-refractivity contribution in [3.63, 3.8) is 0 Å². The molecule has 0 heterocycles. The van der Waals surface area contributed by atoms with E-state index >= 15 is 0 Å². The van der Waals surface area contributed by atoms with Gasteiger partial charge in [-0.05, 0) is 29.3 Å². The molecule has 0 saturated carbocycles. The molecule has 0 aliphatic rings. The van der Waals surface area contributed by atoms with Gasteiger partial charge in [0.25, 0.3) is 0 Å². The Bertz CT molecular complexity index is 659. The monoisotopic (exact) mass is 330 g/mol. The van der Waals surface area contributed by atoms with Crippen LogP contribution in [0.4, 0.5) is 4.79 Å². The van der Waals surface area contributed by atoms with Gasteiger partial charge in [0.1, 0.15) is 0 Å². The number of benzene rings is 2. The predicted octanol–water partition coefficient (Wildman–Crippen LogP) is 3.51. The highest BCUT2D eigenvalue weighted by molar-refractivity contribution is 6.30. The molecule has 0 aliphatic heterocycles. The van der Waals surface area contributed by atoms with Crippen molar-refractivity contribution in [1.82, 2.24) is 10.2 Å². The molecule has 0 radical (unpaired) electrons. The van der Waals surface area contributed by atoms with Crippen LogP contribution < -0.4 is 5.32 Å². The minimum absolute atomic E-state index is 0.0851. The predicted molar refractivity (Wildman–Crippen MR) is 93.0 cm³/mol. The first kappa shape index (κ1) is 17.1. The number of aliphatic hydroxyl groups excluding tert-OH is 1. The van der Waals surface area contributed by atoms with Crippen LogP contribution in [0.5, 0.6) is 0 Å². The van der Waals surface area contributed by atoms with Gasteiger partial charge in [-0.3, -0.25) is 0 Å². The number of rotatable bonds is 6. The van der Waals surface area contributed by atoms with E-state index in [4.69, 9.17) is 16.7 Å². The van der Waals surface area contributed by atoms with Gasteiger partial charge in [0, 0.05) is 24.3 Å². The fourth-order valence-corrected chi connectivity index (χ4v) is 2.29. The van der Waals surface area contributed by atoms with Gasteiger partial charge in [0.15, 0.2) is 0 Å². The second kappa shape index (κ2) is 8.98. The van der Waals surface area contributed by atoms with Crippen molar-refractivity contribution in [3.05, 3.63) is 76.9 Å². The summed E-state index contributed by atoms with van der Waals surface area (Å²) in [5.74, 6) is 0. The number of carbonyl (C=O) groups is 1. The highest BCUT2D eigenvalue weighted by Crippen LogP contribution is 2.11. The smallest absolute Gasteiger partial charge is 0.321 e. The van der Waals surface area contributed by atoms with Gasteiger partial charge in [-0.15, -0.1) is 0 Å². The molecule has 2 N–H and O–H groups in total. The van der Waals surface area contributed by atoms with Crippen LogP contribution in [0.1, 0.15) is 11.1 Å². The van der Waals surface area contributed by atoms with Crippen LogP contribution in [0.25, 0.3) is 6.08 Å². The van der Waals surface area contributed by atoms with E-state index in [2.05, 4.69) is 5.32 Å². The minimum Gasteiger partial charge on any atom is -0.395 e. The summed E-state index contributed by atoms with van der Waals surface area (Å²) in [6, 6.07) is 16.7. The van der Waals surface area contributed by atoms with Crippen LogP contribution in [0.3, 0.4) is 0 Å². The Morgan fingerprint density at radius 3 is 2.65 bits per heavy atom. The largest absolute Gasteiger partial charge is 0.395 e. The first-order valence-electron chi connectivity index (χ1n) is 7.31. The van der Waals surface area contributed by atoms with Gasteiger partial charge < -0.3 is 15.3 Å². The Hall–Kier alpha value is -2.30. The lowest BCUT2D eigenvalue weighted by Gasteiger charge is -2.21. The normalized spacial score (nSPS) is 10.7. The molecular formula is C18H19ClN2O2. The van der Waals surface area contributed by atoms with Gasteiger partial charge in [-0.2, -0.15) is 0 Å². The summed E-state index contributed by atoms with van der Waals surface area (Å²) in [4.78, 5) is 13.8. The summed E-state index contributed by atoms with van der Waals surface area (Å²) in [6.45, 7) is 0.627. The topological polar surface area (TPSA) is 52.6 Å². The number of carbonyl (C=O) groups excluding carboxylic acids is 1. The zero-order chi connectivity index (χ0) is 16.5. The molecule has 0 aromatic heterocycles. The summed E-state index contributed by atoms with van der Waals surface area (Å²) in [5.41, 5.74) is 1.91. The quantitative estimate of drug-likeness (QED) is 0.851. The molecule has 0 saturated heterocycles. The van der Waals surface area contributed by atoms with E-state index in [9.17, 15) is 4.79 Å². The van der Waals surface area contributed by atoms with Crippen molar-refractivity contribution in [2.75, 3.05) is 13.2 Å². The number of amides is 2. The maximum atomic E-state index is 12.2. The third kappa shape index (κ3) is 5.77. The highest BCUT2D eigenvalue weighted by Gasteiger charge is 2.11. The molecule has 0 bridgehead atoms. The molecular weight excluding hydrogens is 312 g/mol. The van der Waals surface area contributed by atoms with E-state index in [1.807, 2.05) is 42.5 Å². The second-order valence-corrected chi connectivity index (χ2v) is 5.41. The number of nitrogens with zero attached hydrogens (tertiary/aromatic N) is 1. The Morgan fingerprint density at radius 1 is 1.17 bits per heavy atom. The summed E-state index contributed by atoms with van der Waals surface area (Å²) in [6.07, 6.45) is 3.34. The van der Waals surface area contributed by atoms with Crippen molar-refractivity contribution in [1.29, 1.82) is 0 Å². The standard InChI is InChI=1S/C18H19ClN2O2/c19-17-8-4-7-15(13-17)9-10-20-18(23)21(11-12-22)14-16-5-2-1-3-6-16/h1-10,13,22H,11-12,14H2,(H,20,23)/b10-9+. The number of halogens is 1. The van der Waals surface area contributed by atoms with Crippen molar-refractivity contribution < 1.29 is 9.90 Å². The molecule has 2 amide bonds. The average molecular weight is 331 g/mol. The molecule has 4 nitrogen and oxygen atoms in total. The first-order chi connectivity index (χ1) is 11.2. The Kier molecular flexibility index (Phi) is 6.66. The van der Waals surface area contributed by atoms with Crippen LogP contribution in [0.2, 0.25) is 5.02 Å². The average Bonchev–Trinajstić information content (AvgIpc) is 2.55. The van der Waals surface area contributed by atoms with E-state index in [1.54, 1.807) is 29.3 Å². The first-order valence-corrected chi connectivity index (χ1v) is 7.69. The minimum atomic E-state index is -0.263. The van der Waals surface area contributed by atoms with Gasteiger partial charge in [-0.1, -0.05) is 54.1 Å². The van der Waals surface area contributed by atoms with Gasteiger partial charge in [-0.25, -0.2) is 4.79 Å². The Labute approximate surface area is 141 Å². The molecule has 2 rings (SSSR count). The van der Waals surface area contributed by atoms with Crippen LogP contribution in [-0.4, -0.2) is 29.2 Å². The molecule has 120 valence electrons. The zero-order valence-electron chi connectivity index (χ0n) is 12.7. The molecule has 23 heavy (non-hydrogen) atoms. The number of hydrogen-bond acceptors (Lipinski definition) is 2. The summed E-state index contributed by atoms with van der Waals surface area (Å²) >= 11 is 5.91. The number of aliphatic hydroxyl groups is 1. The number of urea groups is 1. The van der Waals surface area contributed by atoms with Gasteiger partial charge in [0.2, 0.25) is 0 Å². The molecule has 0 fully saturated rings. The second-order valence-electron chi connectivity index (χ2n) is 4.97. The molecule has 2 aromatic carbocycles. The van der Waals surface area contributed by atoms with E-state index in [0.29, 0.717) is 11.6 Å². The fourth-order valence-electron chi connectivity index (χ4n) is 2.09. The van der Waals surface area contributed by atoms with Gasteiger partial charge in [0.05, 0.1) is 6.61 Å². The maximum absolute atomic E-state index is 12.2. The molecule has 0 atom stereocenters. The molecule has 0 spiro atoms. The zero-order valence-corrected chi connectivity index (χ0v) is 13.4. The third-order valence-corrected chi connectivity index (χ3v) is 3.44. The number of nitrogens with one attached hydrogen (secondary N) is 1. The summed E-state index contributed by atoms with van der Waals surface area (Å²) in [7, 11) is 0. The van der Waals surface area contributed by atoms with Crippen LogP contribution in [0.15, 0.2) is 60.8 Å². The van der Waals surface area contributed by atoms with E-state index in [1.165, 1.54) is 0 Å². The van der Waals surface area contributed by atoms with Crippen molar-refractivity contribution in [2.24, 2.45) is 0 Å². The summed E-state index contributed by atoms with van der Waals surface area (Å²) < 4.78 is 0. The van der Waals surface area contributed by atoms with Gasteiger partial charge >= 0.3 is 6.03 Å². The number of hydrogen-bond donors (Lipinski definition) is 2. The molecule has 0 unspecified atom stereocenters. The van der Waals surface area contributed by atoms with E-state index in [-0.39, 0.29) is 19.2 Å². The van der Waals surface area contributed by atoms with Crippen molar-refractivity contribution in [3.8, 4) is 0 Å². The Morgan fingerprint density at radius 2 is 1.96 bits per heavy atom. The van der Waals surface area contributed by atoms with Crippen LogP contribution >= 0.6 is 11.6 Å². The maximum Gasteiger partial charge on any atom is 0.321 e. The third-order valence-electron chi connectivity index (χ3n) is 3.20. The van der Waals surface area contributed by atoms with Crippen molar-refractivity contribution in [2.45, 2.75) is 6.54 Å². The molecule has 2 aromatic rings. The fraction of sp³-hybridized carbons (Fsp3) is 0.167. The molecule has 5 heteroatoms. The van der Waals surface area contributed by atoms with Crippen LogP contribution in [-0.2, 0) is 6.54 Å². The SMILES string of the molecule is O=C(N/C=C/c1cccc(Cl)c1)N(CCO)Cc1ccccc1. The lowest BCUT2D eigenvalue weighted by atomic mass is 10.2. The lowest BCUT2D eigenvalue weighted by molar-refractivity contribution is 0.177.